The molecule has 0 radical (unpaired) electrons. The van der Waals surface area contributed by atoms with E-state index in [2.05, 4.69) is 5.92 Å². The number of nitrogens with zero attached hydrogens (tertiary/aromatic N) is 2. The minimum absolute atomic E-state index is 0.00754. The number of aliphatic hydroxyl groups is 3. The number of carboxylic acid groups (broad SMARTS) is 1. The lowest BCUT2D eigenvalue weighted by Crippen LogP contribution is -2.73. The molecule has 0 saturated heterocycles. The van der Waals surface area contributed by atoms with E-state index >= 15 is 0 Å². The number of Topliss-reactive ketones (excluding diaryl/α,β-unsaturated/α-hetero) is 2. The van der Waals surface area contributed by atoms with Gasteiger partial charge in [0.05, 0.1) is 17.2 Å². The molecule has 0 bridgehead atoms. The van der Waals surface area contributed by atoms with Gasteiger partial charge in [-0.2, -0.15) is 0 Å². The number of fused-ring (bicyclic) bond motifs is 3. The number of ketones is 2. The molecule has 3 aliphatic carbocycles. The molecule has 2 fully saturated rings. The molecule has 4 rings (SSSR count). The highest BCUT2D eigenvalue weighted by atomic mass is 16.4. The van der Waals surface area contributed by atoms with Crippen molar-refractivity contribution in [2.45, 2.75) is 30.6 Å². The normalized spacial score (nSPS) is 30.1. The number of amides is 1. The Bertz CT molecular complexity index is 1370. The van der Waals surface area contributed by atoms with Gasteiger partial charge in [-0.15, -0.1) is 0 Å². The van der Waals surface area contributed by atoms with Crippen LogP contribution in [0.3, 0.4) is 0 Å². The van der Waals surface area contributed by atoms with Gasteiger partial charge in [0, 0.05) is 43.2 Å². The number of aromatic hydroxyl groups is 1. The van der Waals surface area contributed by atoms with E-state index in [4.69, 9.17) is 10.8 Å². The van der Waals surface area contributed by atoms with Crippen LogP contribution >= 0.6 is 0 Å². The molecule has 0 aromatic heterocycles. The second kappa shape index (κ2) is 9.13. The number of nitrogens with two attached hydrogens (primary N) is 1. The Hall–Kier alpha value is -3.92. The van der Waals surface area contributed by atoms with E-state index in [0.717, 1.165) is 0 Å². The van der Waals surface area contributed by atoms with Crippen molar-refractivity contribution in [2.24, 2.45) is 23.5 Å². The van der Waals surface area contributed by atoms with E-state index in [1.807, 2.05) is 5.92 Å². The van der Waals surface area contributed by atoms with Crippen molar-refractivity contribution < 1.29 is 44.7 Å². The fourth-order valence-electron chi connectivity index (χ4n) is 6.27. The van der Waals surface area contributed by atoms with E-state index in [1.54, 1.807) is 33.1 Å². The fraction of sp³-hybridized carbons (Fsp3) is 0.462. The third-order valence-electron chi connectivity index (χ3n) is 7.85. The summed E-state index contributed by atoms with van der Waals surface area (Å²) in [5.41, 5.74) is 3.00. The van der Waals surface area contributed by atoms with Gasteiger partial charge in [-0.05, 0) is 44.5 Å². The molecular formula is C26H29N3O9. The average Bonchev–Trinajstić information content (AvgIpc) is 2.80. The third-order valence-corrected chi connectivity index (χ3v) is 7.85. The number of carbonyl (C=O) groups is 4. The van der Waals surface area contributed by atoms with E-state index < -0.39 is 70.5 Å². The highest BCUT2D eigenvalue weighted by Gasteiger charge is 2.67. The zero-order valence-electron chi connectivity index (χ0n) is 21.2. The van der Waals surface area contributed by atoms with Crippen molar-refractivity contribution in [3.05, 3.63) is 28.3 Å². The largest absolute Gasteiger partial charge is 0.507 e. The number of carbonyl (C=O) groups excluding carboxylic acids is 3. The zero-order chi connectivity index (χ0) is 28.4. The molecule has 1 aromatic carbocycles. The second-order valence-electron chi connectivity index (χ2n) is 10.4. The van der Waals surface area contributed by atoms with Crippen LogP contribution in [0.25, 0.3) is 5.76 Å². The highest BCUT2D eigenvalue weighted by Crippen LogP contribution is 2.53. The maximum atomic E-state index is 13.9. The van der Waals surface area contributed by atoms with Crippen LogP contribution in [0.4, 0.5) is 5.69 Å². The van der Waals surface area contributed by atoms with Crippen LogP contribution < -0.4 is 10.6 Å². The first-order chi connectivity index (χ1) is 17.6. The number of phenols is 1. The van der Waals surface area contributed by atoms with Crippen LogP contribution in [0.15, 0.2) is 11.6 Å². The lowest BCUT2D eigenvalue weighted by Gasteiger charge is -2.53. The molecule has 0 spiro atoms. The van der Waals surface area contributed by atoms with Crippen LogP contribution in [0, 0.1) is 29.6 Å². The van der Waals surface area contributed by atoms with Gasteiger partial charge < -0.3 is 41.1 Å². The van der Waals surface area contributed by atoms with E-state index in [1.165, 1.54) is 11.0 Å². The molecule has 2 unspecified atom stereocenters. The van der Waals surface area contributed by atoms with Crippen LogP contribution in [-0.2, 0) is 25.6 Å². The fourth-order valence-corrected chi connectivity index (χ4v) is 6.27. The summed E-state index contributed by atoms with van der Waals surface area (Å²) >= 11 is 0. The summed E-state index contributed by atoms with van der Waals surface area (Å²) in [6.07, 6.45) is -1.46. The van der Waals surface area contributed by atoms with Crippen molar-refractivity contribution in [3.8, 4) is 17.6 Å². The molecule has 0 aliphatic heterocycles. The lowest BCUT2D eigenvalue weighted by atomic mass is 9.54. The minimum atomic E-state index is -2.76. The van der Waals surface area contributed by atoms with Gasteiger partial charge in [0.15, 0.2) is 11.4 Å². The lowest BCUT2D eigenvalue weighted by molar-refractivity contribution is -0.184. The molecule has 202 valence electrons. The number of anilines is 1. The number of rotatable bonds is 3. The summed E-state index contributed by atoms with van der Waals surface area (Å²) in [5.74, 6) is -5.69. The number of primary amides is 1. The van der Waals surface area contributed by atoms with Gasteiger partial charge >= 0.3 is 5.97 Å². The molecule has 1 aromatic rings. The Balaban J connectivity index is 1.97. The van der Waals surface area contributed by atoms with Crippen LogP contribution in [0.1, 0.15) is 23.1 Å². The van der Waals surface area contributed by atoms with Crippen LogP contribution in [-0.4, -0.2) is 99.8 Å². The molecule has 3 aliphatic rings. The van der Waals surface area contributed by atoms with Crippen molar-refractivity contribution in [1.82, 2.24) is 4.90 Å². The van der Waals surface area contributed by atoms with E-state index in [-0.39, 0.29) is 29.5 Å². The SMILES string of the molecule is CN(C)c1cc(C#CC(=O)O)c(O)c2c1C[C@@H]1C[C@@H]3[C@@H](N(C)C)C(O)C(C(N)=O)C(=O)[C@]3(O)C(=O)C1=C2O. The number of carboxylic acids is 1. The van der Waals surface area contributed by atoms with Crippen molar-refractivity contribution in [2.75, 3.05) is 33.1 Å². The molecule has 12 heteroatoms. The molecule has 6 atom stereocenters. The summed E-state index contributed by atoms with van der Waals surface area (Å²) in [7, 11) is 6.55. The molecular weight excluding hydrogens is 498 g/mol. The smallest absolute Gasteiger partial charge is 0.382 e. The van der Waals surface area contributed by atoms with Gasteiger partial charge in [0.25, 0.3) is 0 Å². The number of hydrogen-bond donors (Lipinski definition) is 6. The number of aliphatic carboxylic acids is 1. The second-order valence-corrected chi connectivity index (χ2v) is 10.4. The Morgan fingerprint density at radius 2 is 1.79 bits per heavy atom. The maximum Gasteiger partial charge on any atom is 0.382 e. The maximum absolute atomic E-state index is 13.9. The summed E-state index contributed by atoms with van der Waals surface area (Å²) in [5, 5.41) is 53.8. The number of benzene rings is 1. The molecule has 1 amide bonds. The monoisotopic (exact) mass is 527 g/mol. The van der Waals surface area contributed by atoms with Gasteiger partial charge in [-0.25, -0.2) is 4.79 Å². The molecule has 7 N–H and O–H groups in total. The third kappa shape index (κ3) is 3.74. The van der Waals surface area contributed by atoms with E-state index in [0.29, 0.717) is 11.3 Å². The molecule has 0 heterocycles. The first-order valence-corrected chi connectivity index (χ1v) is 11.8. The summed E-state index contributed by atoms with van der Waals surface area (Å²) < 4.78 is 0. The average molecular weight is 528 g/mol. The summed E-state index contributed by atoms with van der Waals surface area (Å²) in [6, 6.07) is 0.483. The highest BCUT2D eigenvalue weighted by molar-refractivity contribution is 6.25. The van der Waals surface area contributed by atoms with Gasteiger partial charge in [0.2, 0.25) is 11.7 Å². The number of hydrogen-bond acceptors (Lipinski definition) is 10. The van der Waals surface area contributed by atoms with Crippen molar-refractivity contribution in [3.63, 3.8) is 0 Å². The predicted molar refractivity (Wildman–Crippen MR) is 133 cm³/mol. The standard InChI is InChI=1S/C26H29N3O9/c1-28(2)14-9-10(5-6-15(30)31)20(32)17-12(14)7-11-8-13-19(29(3)4)22(34)18(25(27)37)24(36)26(13,38)23(35)16(11)21(17)33/h9,11,13,18-19,22,32-34,38H,7-8H2,1-4H3,(H2,27,37)(H,30,31)/t11-,13-,18?,19-,22?,26-/m1/s1. The number of aliphatic hydroxyl groups excluding tert-OH is 2. The minimum Gasteiger partial charge on any atom is -0.507 e. The Labute approximate surface area is 217 Å². The Kier molecular flexibility index (Phi) is 6.51. The number of likely N-dealkylation sites (N-methyl/N-ethyl adjacent to an activating group) is 1. The quantitative estimate of drug-likeness (QED) is 0.200. The Morgan fingerprint density at radius 3 is 2.32 bits per heavy atom. The first kappa shape index (κ1) is 27.1. The van der Waals surface area contributed by atoms with Gasteiger partial charge in [0.1, 0.15) is 17.4 Å². The van der Waals surface area contributed by atoms with Crippen LogP contribution in [0.2, 0.25) is 0 Å². The van der Waals surface area contributed by atoms with Gasteiger partial charge in [-0.3, -0.25) is 14.4 Å². The molecule has 38 heavy (non-hydrogen) atoms. The van der Waals surface area contributed by atoms with Crippen molar-refractivity contribution in [1.29, 1.82) is 0 Å². The van der Waals surface area contributed by atoms with Gasteiger partial charge in [-0.1, -0.05) is 5.92 Å². The zero-order valence-corrected chi connectivity index (χ0v) is 21.2. The first-order valence-electron chi connectivity index (χ1n) is 11.8. The molecule has 12 nitrogen and oxygen atoms in total. The van der Waals surface area contributed by atoms with Crippen LogP contribution in [0.5, 0.6) is 5.75 Å². The molecule has 2 saturated carbocycles. The summed E-state index contributed by atoms with van der Waals surface area (Å²) in [6.45, 7) is 0. The topological polar surface area (TPSA) is 202 Å². The predicted octanol–water partition coefficient (Wildman–Crippen LogP) is -1.37. The van der Waals surface area contributed by atoms with E-state index in [9.17, 15) is 39.6 Å². The summed E-state index contributed by atoms with van der Waals surface area (Å²) in [4.78, 5) is 53.5. The van der Waals surface area contributed by atoms with Crippen molar-refractivity contribution >= 4 is 34.9 Å². The Morgan fingerprint density at radius 1 is 1.16 bits per heavy atom. The number of phenolic OH excluding ortho intramolecular Hbond substituents is 1.